The molecule has 0 spiro atoms. The van der Waals surface area contributed by atoms with E-state index in [1.54, 1.807) is 6.07 Å². The molecule has 2 aromatic rings. The van der Waals surface area contributed by atoms with Gasteiger partial charge < -0.3 is 14.8 Å². The summed E-state index contributed by atoms with van der Waals surface area (Å²) in [6.45, 7) is 0.283. The van der Waals surface area contributed by atoms with Crippen molar-refractivity contribution >= 4 is 10.0 Å². The van der Waals surface area contributed by atoms with Crippen LogP contribution in [0.3, 0.4) is 0 Å². The Morgan fingerprint density at radius 2 is 1.90 bits per heavy atom. The van der Waals surface area contributed by atoms with Crippen molar-refractivity contribution < 1.29 is 17.9 Å². The minimum atomic E-state index is -3.82. The highest BCUT2D eigenvalue weighted by Crippen LogP contribution is 2.12. The molecule has 0 unspecified atom stereocenters. The molecule has 21 heavy (non-hydrogen) atoms. The Kier molecular flexibility index (Phi) is 5.13. The van der Waals surface area contributed by atoms with Crippen molar-refractivity contribution in [2.75, 3.05) is 6.61 Å². The van der Waals surface area contributed by atoms with Gasteiger partial charge in [0, 0.05) is 6.04 Å². The van der Waals surface area contributed by atoms with Crippen LogP contribution >= 0.6 is 0 Å². The maximum Gasteiger partial charge on any atom is 0.271 e. The molecule has 0 saturated heterocycles. The third-order valence-electron chi connectivity index (χ3n) is 3.03. The lowest BCUT2D eigenvalue weighted by molar-refractivity contribution is 0.237. The molecule has 0 bridgehead atoms. The normalized spacial score (nSPS) is 13.2. The Hall–Kier alpha value is -1.67. The molecular formula is C14H18N2O4S. The monoisotopic (exact) mass is 310 g/mol. The van der Waals surface area contributed by atoms with Crippen LogP contribution in [0, 0.1) is 0 Å². The summed E-state index contributed by atoms with van der Waals surface area (Å²) in [6.07, 6.45) is 0.667. The maximum atomic E-state index is 11.1. The molecule has 0 radical (unpaired) electrons. The molecule has 0 amide bonds. The van der Waals surface area contributed by atoms with Gasteiger partial charge in [0.1, 0.15) is 5.76 Å². The van der Waals surface area contributed by atoms with Gasteiger partial charge in [-0.2, -0.15) is 0 Å². The van der Waals surface area contributed by atoms with Crippen LogP contribution in [0.15, 0.2) is 52.0 Å². The number of aliphatic hydroxyl groups excluding tert-OH is 1. The van der Waals surface area contributed by atoms with Crippen molar-refractivity contribution in [3.8, 4) is 0 Å². The molecule has 0 aliphatic carbocycles. The predicted molar refractivity (Wildman–Crippen MR) is 77.9 cm³/mol. The van der Waals surface area contributed by atoms with Crippen molar-refractivity contribution in [3.05, 3.63) is 53.8 Å². The quantitative estimate of drug-likeness (QED) is 0.695. The summed E-state index contributed by atoms with van der Waals surface area (Å²) in [5, 5.41) is 17.2. The first kappa shape index (κ1) is 15.7. The van der Waals surface area contributed by atoms with Gasteiger partial charge in [0.2, 0.25) is 5.09 Å². The standard InChI is InChI=1S/C14H18N2O4S/c15-21(18,19)14-7-6-13(20-14)9-16-12(10-17)8-11-4-2-1-3-5-11/h1-7,12,16-17H,8-10H2,(H2,15,18,19)/t12-/m1/s1. The van der Waals surface area contributed by atoms with Crippen molar-refractivity contribution in [2.45, 2.75) is 24.1 Å². The Balaban J connectivity index is 1.93. The SMILES string of the molecule is NS(=O)(=O)c1ccc(CN[C@@H](CO)Cc2ccccc2)o1. The molecular weight excluding hydrogens is 292 g/mol. The second-order valence-electron chi connectivity index (χ2n) is 4.72. The maximum absolute atomic E-state index is 11.1. The summed E-state index contributed by atoms with van der Waals surface area (Å²) >= 11 is 0. The van der Waals surface area contributed by atoms with Crippen LogP contribution in [-0.2, 0) is 23.0 Å². The summed E-state index contributed by atoms with van der Waals surface area (Å²) in [7, 11) is -3.82. The minimum Gasteiger partial charge on any atom is -0.447 e. The van der Waals surface area contributed by atoms with Crippen LogP contribution in [0.4, 0.5) is 0 Å². The highest BCUT2D eigenvalue weighted by Gasteiger charge is 2.14. The highest BCUT2D eigenvalue weighted by molar-refractivity contribution is 7.89. The van der Waals surface area contributed by atoms with E-state index in [1.807, 2.05) is 30.3 Å². The van der Waals surface area contributed by atoms with Gasteiger partial charge in [0.05, 0.1) is 13.2 Å². The van der Waals surface area contributed by atoms with E-state index in [-0.39, 0.29) is 17.7 Å². The first-order valence-electron chi connectivity index (χ1n) is 6.48. The fourth-order valence-electron chi connectivity index (χ4n) is 1.95. The van der Waals surface area contributed by atoms with Gasteiger partial charge in [0.25, 0.3) is 10.0 Å². The molecule has 0 saturated carbocycles. The minimum absolute atomic E-state index is 0.0301. The van der Waals surface area contributed by atoms with Gasteiger partial charge in [0.15, 0.2) is 0 Å². The second kappa shape index (κ2) is 6.86. The van der Waals surface area contributed by atoms with E-state index in [0.29, 0.717) is 18.7 Å². The lowest BCUT2D eigenvalue weighted by atomic mass is 10.1. The van der Waals surface area contributed by atoms with Crippen LogP contribution in [0.5, 0.6) is 0 Å². The van der Waals surface area contributed by atoms with Crippen LogP contribution in [0.1, 0.15) is 11.3 Å². The Morgan fingerprint density at radius 3 is 2.48 bits per heavy atom. The number of sulfonamides is 1. The van der Waals surface area contributed by atoms with Crippen LogP contribution in [0.2, 0.25) is 0 Å². The van der Waals surface area contributed by atoms with Gasteiger partial charge in [-0.15, -0.1) is 0 Å². The van der Waals surface area contributed by atoms with Crippen molar-refractivity contribution in [1.29, 1.82) is 0 Å². The molecule has 6 nitrogen and oxygen atoms in total. The molecule has 2 rings (SSSR count). The summed E-state index contributed by atoms with van der Waals surface area (Å²) in [6, 6.07) is 12.5. The van der Waals surface area contributed by atoms with Crippen molar-refractivity contribution in [3.63, 3.8) is 0 Å². The molecule has 0 aliphatic rings. The number of furan rings is 1. The molecule has 1 atom stereocenters. The van der Waals surface area contributed by atoms with Gasteiger partial charge in [-0.25, -0.2) is 13.6 Å². The zero-order chi connectivity index (χ0) is 15.3. The van der Waals surface area contributed by atoms with E-state index in [4.69, 9.17) is 9.56 Å². The number of hydrogen-bond donors (Lipinski definition) is 3. The number of primary sulfonamides is 1. The molecule has 114 valence electrons. The number of aliphatic hydroxyl groups is 1. The van der Waals surface area contributed by atoms with E-state index in [2.05, 4.69) is 5.32 Å². The summed E-state index contributed by atoms with van der Waals surface area (Å²) < 4.78 is 27.3. The topological polar surface area (TPSA) is 106 Å². The van der Waals surface area contributed by atoms with Gasteiger partial charge >= 0.3 is 0 Å². The fraction of sp³-hybridized carbons (Fsp3) is 0.286. The third kappa shape index (κ3) is 4.68. The van der Waals surface area contributed by atoms with E-state index in [0.717, 1.165) is 5.56 Å². The van der Waals surface area contributed by atoms with Gasteiger partial charge in [-0.05, 0) is 24.1 Å². The number of rotatable bonds is 7. The number of benzene rings is 1. The second-order valence-corrected chi connectivity index (χ2v) is 6.21. The molecule has 1 aromatic carbocycles. The van der Waals surface area contributed by atoms with Crippen LogP contribution in [-0.4, -0.2) is 26.2 Å². The number of nitrogens with two attached hydrogens (primary N) is 1. The zero-order valence-electron chi connectivity index (χ0n) is 11.4. The fourth-order valence-corrected chi connectivity index (χ4v) is 2.43. The lowest BCUT2D eigenvalue weighted by Gasteiger charge is -2.15. The summed E-state index contributed by atoms with van der Waals surface area (Å²) in [5.74, 6) is 0.450. The zero-order valence-corrected chi connectivity index (χ0v) is 12.2. The van der Waals surface area contributed by atoms with Gasteiger partial charge in [-0.3, -0.25) is 0 Å². The van der Waals surface area contributed by atoms with Crippen molar-refractivity contribution in [1.82, 2.24) is 5.32 Å². The summed E-state index contributed by atoms with van der Waals surface area (Å²) in [4.78, 5) is 0. The van der Waals surface area contributed by atoms with E-state index in [9.17, 15) is 13.5 Å². The number of nitrogens with one attached hydrogen (secondary N) is 1. The first-order valence-corrected chi connectivity index (χ1v) is 8.03. The first-order chi connectivity index (χ1) is 9.99. The molecule has 0 aliphatic heterocycles. The van der Waals surface area contributed by atoms with Crippen LogP contribution in [0.25, 0.3) is 0 Å². The molecule has 1 aromatic heterocycles. The van der Waals surface area contributed by atoms with E-state index >= 15 is 0 Å². The smallest absolute Gasteiger partial charge is 0.271 e. The molecule has 4 N–H and O–H groups in total. The largest absolute Gasteiger partial charge is 0.447 e. The Labute approximate surface area is 123 Å². The third-order valence-corrected chi connectivity index (χ3v) is 3.81. The summed E-state index contributed by atoms with van der Waals surface area (Å²) in [5.41, 5.74) is 1.11. The highest BCUT2D eigenvalue weighted by atomic mass is 32.2. The van der Waals surface area contributed by atoms with Crippen LogP contribution < -0.4 is 10.5 Å². The van der Waals surface area contributed by atoms with E-state index in [1.165, 1.54) is 6.07 Å². The Bertz CT molecular complexity index is 667. The van der Waals surface area contributed by atoms with Gasteiger partial charge in [-0.1, -0.05) is 30.3 Å². The molecule has 7 heteroatoms. The number of hydrogen-bond acceptors (Lipinski definition) is 5. The lowest BCUT2D eigenvalue weighted by Crippen LogP contribution is -2.33. The van der Waals surface area contributed by atoms with E-state index < -0.39 is 10.0 Å². The molecule has 0 fully saturated rings. The molecule has 1 heterocycles. The average Bonchev–Trinajstić information content (AvgIpc) is 2.93. The Morgan fingerprint density at radius 1 is 1.19 bits per heavy atom. The predicted octanol–water partition coefficient (Wildman–Crippen LogP) is 0.620. The van der Waals surface area contributed by atoms with Crippen molar-refractivity contribution in [2.24, 2.45) is 5.14 Å². The average molecular weight is 310 g/mol.